The fraction of sp³-hybridized carbons (Fsp3) is 0.562. The lowest BCUT2D eigenvalue weighted by Crippen LogP contribution is -2.15. The Morgan fingerprint density at radius 1 is 1.28 bits per heavy atom. The van der Waals surface area contributed by atoms with Crippen LogP contribution in [0.1, 0.15) is 50.7 Å². The van der Waals surface area contributed by atoms with Gasteiger partial charge >= 0.3 is 0 Å². The van der Waals surface area contributed by atoms with Crippen molar-refractivity contribution >= 4 is 11.6 Å². The van der Waals surface area contributed by atoms with Gasteiger partial charge in [-0.2, -0.15) is 0 Å². The van der Waals surface area contributed by atoms with Crippen molar-refractivity contribution in [1.82, 2.24) is 0 Å². The first kappa shape index (κ1) is 13.1. The third kappa shape index (κ3) is 3.34. The molecular weight excluding hydrogens is 222 g/mol. The monoisotopic (exact) mass is 245 g/mol. The van der Waals surface area contributed by atoms with Crippen molar-refractivity contribution in [1.29, 1.82) is 0 Å². The smallest absolute Gasteiger partial charge is 0.224 e. The fourth-order valence-electron chi connectivity index (χ4n) is 2.53. The Morgan fingerprint density at radius 3 is 2.83 bits per heavy atom. The van der Waals surface area contributed by atoms with Crippen LogP contribution in [0.5, 0.6) is 0 Å². The molecule has 1 aromatic rings. The SMILES string of the molecule is CC(C)CCC(=O)Nc1cccc2c1CCCC2. The fourth-order valence-corrected chi connectivity index (χ4v) is 2.53. The molecule has 0 unspecified atom stereocenters. The normalized spacial score (nSPS) is 14.4. The third-order valence-corrected chi connectivity index (χ3v) is 3.62. The predicted molar refractivity (Wildman–Crippen MR) is 75.8 cm³/mol. The van der Waals surface area contributed by atoms with E-state index >= 15 is 0 Å². The molecule has 1 aliphatic carbocycles. The molecule has 2 nitrogen and oxygen atoms in total. The summed E-state index contributed by atoms with van der Waals surface area (Å²) >= 11 is 0. The molecule has 0 saturated heterocycles. The van der Waals surface area contributed by atoms with Crippen LogP contribution in [0.15, 0.2) is 18.2 Å². The van der Waals surface area contributed by atoms with Gasteiger partial charge in [-0.1, -0.05) is 26.0 Å². The lowest BCUT2D eigenvalue weighted by atomic mass is 9.90. The number of nitrogens with one attached hydrogen (secondary N) is 1. The predicted octanol–water partition coefficient (Wildman–Crippen LogP) is 3.94. The number of amides is 1. The Kier molecular flexibility index (Phi) is 4.40. The summed E-state index contributed by atoms with van der Waals surface area (Å²) in [6.45, 7) is 4.30. The van der Waals surface area contributed by atoms with Gasteiger partial charge in [0.15, 0.2) is 0 Å². The number of aryl methyl sites for hydroxylation is 1. The molecule has 1 amide bonds. The van der Waals surface area contributed by atoms with Crippen molar-refractivity contribution < 1.29 is 4.79 Å². The van der Waals surface area contributed by atoms with Crippen LogP contribution in [0, 0.1) is 5.92 Å². The first-order chi connectivity index (χ1) is 8.66. The number of carbonyl (C=O) groups excluding carboxylic acids is 1. The molecule has 18 heavy (non-hydrogen) atoms. The second kappa shape index (κ2) is 6.03. The number of hydrogen-bond donors (Lipinski definition) is 1. The Labute approximate surface area is 110 Å². The minimum atomic E-state index is 0.155. The van der Waals surface area contributed by atoms with E-state index in [1.165, 1.54) is 24.0 Å². The van der Waals surface area contributed by atoms with E-state index < -0.39 is 0 Å². The van der Waals surface area contributed by atoms with Crippen molar-refractivity contribution in [2.75, 3.05) is 5.32 Å². The maximum absolute atomic E-state index is 11.9. The molecule has 0 spiro atoms. The second-order valence-electron chi connectivity index (χ2n) is 5.63. The topological polar surface area (TPSA) is 29.1 Å². The molecule has 98 valence electrons. The van der Waals surface area contributed by atoms with Gasteiger partial charge in [-0.25, -0.2) is 0 Å². The number of benzene rings is 1. The highest BCUT2D eigenvalue weighted by Crippen LogP contribution is 2.28. The summed E-state index contributed by atoms with van der Waals surface area (Å²) in [6.07, 6.45) is 6.37. The van der Waals surface area contributed by atoms with Gasteiger partial charge in [-0.3, -0.25) is 4.79 Å². The van der Waals surface area contributed by atoms with E-state index in [4.69, 9.17) is 0 Å². The maximum atomic E-state index is 11.9. The van der Waals surface area contributed by atoms with E-state index in [9.17, 15) is 4.79 Å². The molecule has 1 aromatic carbocycles. The molecule has 0 saturated carbocycles. The highest BCUT2D eigenvalue weighted by molar-refractivity contribution is 5.91. The van der Waals surface area contributed by atoms with Crippen LogP contribution in [0.3, 0.4) is 0 Å². The van der Waals surface area contributed by atoms with Gasteiger partial charge in [0, 0.05) is 12.1 Å². The summed E-state index contributed by atoms with van der Waals surface area (Å²) < 4.78 is 0. The van der Waals surface area contributed by atoms with Gasteiger partial charge < -0.3 is 5.32 Å². The molecule has 0 radical (unpaired) electrons. The van der Waals surface area contributed by atoms with Crippen LogP contribution in [0.25, 0.3) is 0 Å². The number of anilines is 1. The zero-order chi connectivity index (χ0) is 13.0. The van der Waals surface area contributed by atoms with Gasteiger partial charge in [-0.15, -0.1) is 0 Å². The van der Waals surface area contributed by atoms with E-state index in [1.54, 1.807) is 0 Å². The molecule has 0 bridgehead atoms. The van der Waals surface area contributed by atoms with E-state index in [-0.39, 0.29) is 5.91 Å². The largest absolute Gasteiger partial charge is 0.326 e. The Bertz CT molecular complexity index is 423. The van der Waals surface area contributed by atoms with E-state index in [0.29, 0.717) is 12.3 Å². The Hall–Kier alpha value is -1.31. The van der Waals surface area contributed by atoms with E-state index in [1.807, 2.05) is 6.07 Å². The number of rotatable bonds is 4. The van der Waals surface area contributed by atoms with Gasteiger partial charge in [0.25, 0.3) is 0 Å². The van der Waals surface area contributed by atoms with E-state index in [0.717, 1.165) is 24.9 Å². The molecule has 0 aromatic heterocycles. The number of fused-ring (bicyclic) bond motifs is 1. The van der Waals surface area contributed by atoms with Crippen LogP contribution < -0.4 is 5.32 Å². The average Bonchev–Trinajstić information content (AvgIpc) is 2.37. The lowest BCUT2D eigenvalue weighted by Gasteiger charge is -2.19. The summed E-state index contributed by atoms with van der Waals surface area (Å²) in [5.74, 6) is 0.739. The Morgan fingerprint density at radius 2 is 2.06 bits per heavy atom. The summed E-state index contributed by atoms with van der Waals surface area (Å²) in [4.78, 5) is 11.9. The molecule has 1 N–H and O–H groups in total. The van der Waals surface area contributed by atoms with Gasteiger partial charge in [0.2, 0.25) is 5.91 Å². The summed E-state index contributed by atoms with van der Waals surface area (Å²) in [5, 5.41) is 3.09. The standard InChI is InChI=1S/C16H23NO/c1-12(2)10-11-16(18)17-15-9-5-7-13-6-3-4-8-14(13)15/h5,7,9,12H,3-4,6,8,10-11H2,1-2H3,(H,17,18). The van der Waals surface area contributed by atoms with Crippen LogP contribution in [-0.2, 0) is 17.6 Å². The molecule has 0 fully saturated rings. The molecule has 0 atom stereocenters. The molecule has 2 rings (SSSR count). The number of carbonyl (C=O) groups is 1. The highest BCUT2D eigenvalue weighted by Gasteiger charge is 2.14. The molecule has 0 aliphatic heterocycles. The van der Waals surface area contributed by atoms with Gasteiger partial charge in [0.05, 0.1) is 0 Å². The maximum Gasteiger partial charge on any atom is 0.224 e. The lowest BCUT2D eigenvalue weighted by molar-refractivity contribution is -0.116. The van der Waals surface area contributed by atoms with Crippen molar-refractivity contribution in [3.63, 3.8) is 0 Å². The van der Waals surface area contributed by atoms with Crippen molar-refractivity contribution in [2.24, 2.45) is 5.92 Å². The molecule has 0 heterocycles. The first-order valence-electron chi connectivity index (χ1n) is 7.07. The van der Waals surface area contributed by atoms with Crippen molar-refractivity contribution in [2.45, 2.75) is 52.4 Å². The number of hydrogen-bond acceptors (Lipinski definition) is 1. The zero-order valence-corrected chi connectivity index (χ0v) is 11.5. The van der Waals surface area contributed by atoms with Crippen LogP contribution in [0.4, 0.5) is 5.69 Å². The third-order valence-electron chi connectivity index (χ3n) is 3.62. The summed E-state index contributed by atoms with van der Waals surface area (Å²) in [7, 11) is 0. The first-order valence-corrected chi connectivity index (χ1v) is 7.07. The Balaban J connectivity index is 2.03. The van der Waals surface area contributed by atoms with Gasteiger partial charge in [0.1, 0.15) is 0 Å². The average molecular weight is 245 g/mol. The van der Waals surface area contributed by atoms with Gasteiger partial charge in [-0.05, 0) is 55.2 Å². The van der Waals surface area contributed by atoms with Crippen molar-refractivity contribution in [3.8, 4) is 0 Å². The summed E-state index contributed by atoms with van der Waals surface area (Å²) in [6, 6.07) is 6.29. The summed E-state index contributed by atoms with van der Waals surface area (Å²) in [5.41, 5.74) is 3.82. The van der Waals surface area contributed by atoms with Crippen LogP contribution in [0.2, 0.25) is 0 Å². The molecule has 1 aliphatic rings. The van der Waals surface area contributed by atoms with Crippen LogP contribution in [-0.4, -0.2) is 5.91 Å². The highest BCUT2D eigenvalue weighted by atomic mass is 16.1. The minimum absolute atomic E-state index is 0.155. The van der Waals surface area contributed by atoms with Crippen molar-refractivity contribution in [3.05, 3.63) is 29.3 Å². The molecular formula is C16H23NO. The quantitative estimate of drug-likeness (QED) is 0.855. The zero-order valence-electron chi connectivity index (χ0n) is 11.5. The van der Waals surface area contributed by atoms with Crippen LogP contribution >= 0.6 is 0 Å². The second-order valence-corrected chi connectivity index (χ2v) is 5.63. The minimum Gasteiger partial charge on any atom is -0.326 e. The molecule has 2 heteroatoms. The van der Waals surface area contributed by atoms with E-state index in [2.05, 4.69) is 31.3 Å².